The molecule has 0 bridgehead atoms. The minimum absolute atomic E-state index is 0.0621. The van der Waals surface area contributed by atoms with Gasteiger partial charge in [-0.3, -0.25) is 9.59 Å². The molecule has 0 aliphatic carbocycles. The maximum absolute atomic E-state index is 12.0. The molecule has 0 aromatic rings. The first-order valence-electron chi connectivity index (χ1n) is 18.1. The van der Waals surface area contributed by atoms with Crippen LogP contribution in [-0.2, 0) is 14.3 Å². The van der Waals surface area contributed by atoms with Gasteiger partial charge in [0.15, 0.2) is 0 Å². The number of carbonyl (C=O) groups is 2. The van der Waals surface area contributed by atoms with Crippen molar-refractivity contribution < 1.29 is 24.5 Å². The molecule has 0 spiro atoms. The van der Waals surface area contributed by atoms with Gasteiger partial charge in [0.25, 0.3) is 0 Å². The van der Waals surface area contributed by atoms with E-state index in [1.54, 1.807) is 0 Å². The molecule has 0 heterocycles. The zero-order valence-electron chi connectivity index (χ0n) is 27.5. The lowest BCUT2D eigenvalue weighted by Gasteiger charge is -2.11. The number of aliphatic hydroxyl groups excluding tert-OH is 2. The summed E-state index contributed by atoms with van der Waals surface area (Å²) in [6, 6.07) is 0. The van der Waals surface area contributed by atoms with Crippen LogP contribution in [0, 0.1) is 0 Å². The fourth-order valence-electron chi connectivity index (χ4n) is 5.53. The van der Waals surface area contributed by atoms with E-state index in [1.807, 2.05) is 0 Å². The summed E-state index contributed by atoms with van der Waals surface area (Å²) in [5.74, 6) is -1.14. The van der Waals surface area contributed by atoms with Gasteiger partial charge in [0.1, 0.15) is 0 Å². The van der Waals surface area contributed by atoms with Crippen LogP contribution in [0.1, 0.15) is 206 Å². The van der Waals surface area contributed by atoms with Crippen molar-refractivity contribution in [2.75, 3.05) is 0 Å². The number of carbonyl (C=O) groups excluding carboxylic acids is 2. The van der Waals surface area contributed by atoms with Crippen LogP contribution in [0.3, 0.4) is 0 Å². The number of hydrogen-bond donors (Lipinski definition) is 2. The molecule has 0 saturated heterocycles. The Labute approximate surface area is 255 Å². The van der Waals surface area contributed by atoms with Crippen molar-refractivity contribution in [3.05, 3.63) is 0 Å². The molecule has 41 heavy (non-hydrogen) atoms. The summed E-state index contributed by atoms with van der Waals surface area (Å²) >= 11 is 0. The Morgan fingerprint density at radius 1 is 0.415 bits per heavy atom. The molecule has 0 amide bonds. The number of ether oxygens (including phenoxy) is 1. The van der Waals surface area contributed by atoms with Crippen molar-refractivity contribution in [1.29, 1.82) is 0 Å². The van der Waals surface area contributed by atoms with Crippen LogP contribution in [0.15, 0.2) is 0 Å². The zero-order chi connectivity index (χ0) is 30.2. The molecule has 0 aromatic carbocycles. The van der Waals surface area contributed by atoms with Crippen molar-refractivity contribution in [2.24, 2.45) is 0 Å². The molecule has 0 aliphatic heterocycles. The Bertz CT molecular complexity index is 516. The molecule has 244 valence electrons. The molecule has 5 nitrogen and oxygen atoms in total. The van der Waals surface area contributed by atoms with Crippen LogP contribution >= 0.6 is 0 Å². The highest BCUT2D eigenvalue weighted by Gasteiger charge is 2.15. The van der Waals surface area contributed by atoms with E-state index in [9.17, 15) is 19.8 Å². The van der Waals surface area contributed by atoms with Crippen molar-refractivity contribution in [2.45, 2.75) is 219 Å². The first kappa shape index (κ1) is 40.1. The number of hydrogen-bond acceptors (Lipinski definition) is 5. The minimum Gasteiger partial charge on any atom is -0.393 e. The molecule has 0 radical (unpaired) electrons. The summed E-state index contributed by atoms with van der Waals surface area (Å²) < 4.78 is 4.89. The summed E-state index contributed by atoms with van der Waals surface area (Å²) in [5, 5.41) is 20.3. The SMILES string of the molecule is CCCCCCCCCCCCCCC(O)CCC(=O)OC(=O)CCC(O)CCCCCCCCCCCCCC. The van der Waals surface area contributed by atoms with Gasteiger partial charge < -0.3 is 14.9 Å². The summed E-state index contributed by atoms with van der Waals surface area (Å²) in [6.45, 7) is 4.51. The van der Waals surface area contributed by atoms with Crippen LogP contribution in [0.5, 0.6) is 0 Å². The summed E-state index contributed by atoms with van der Waals surface area (Å²) in [6.07, 6.45) is 32.0. The zero-order valence-corrected chi connectivity index (χ0v) is 27.5. The third-order valence-corrected chi connectivity index (χ3v) is 8.37. The molecule has 5 heteroatoms. The highest BCUT2D eigenvalue weighted by Crippen LogP contribution is 2.16. The molecule has 0 saturated carbocycles. The van der Waals surface area contributed by atoms with Gasteiger partial charge in [-0.05, 0) is 25.7 Å². The van der Waals surface area contributed by atoms with E-state index in [1.165, 1.54) is 128 Å². The molecule has 2 N–H and O–H groups in total. The fourth-order valence-corrected chi connectivity index (χ4v) is 5.53. The first-order chi connectivity index (χ1) is 20.0. The average molecular weight is 583 g/mol. The highest BCUT2D eigenvalue weighted by molar-refractivity contribution is 5.85. The largest absolute Gasteiger partial charge is 0.393 e. The van der Waals surface area contributed by atoms with E-state index in [0.717, 1.165) is 25.7 Å². The van der Waals surface area contributed by atoms with E-state index in [-0.39, 0.29) is 12.8 Å². The standard InChI is InChI=1S/C36H70O5/c1-3-5-7-9-11-13-15-17-19-21-23-25-27-33(37)29-31-35(39)41-36(40)32-30-34(38)28-26-24-22-20-18-16-14-12-10-8-6-4-2/h33-34,37-38H,3-32H2,1-2H3. The Kier molecular flexibility index (Phi) is 31.3. The van der Waals surface area contributed by atoms with E-state index in [0.29, 0.717) is 25.7 Å². The monoisotopic (exact) mass is 583 g/mol. The van der Waals surface area contributed by atoms with Gasteiger partial charge in [-0.25, -0.2) is 0 Å². The van der Waals surface area contributed by atoms with E-state index >= 15 is 0 Å². The summed E-state index contributed by atoms with van der Waals surface area (Å²) in [5.41, 5.74) is 0. The second-order valence-corrected chi connectivity index (χ2v) is 12.6. The molecular formula is C36H70O5. The lowest BCUT2D eigenvalue weighted by atomic mass is 10.0. The maximum atomic E-state index is 12.0. The number of unbranched alkanes of at least 4 members (excludes halogenated alkanes) is 22. The molecule has 0 aliphatic rings. The van der Waals surface area contributed by atoms with Gasteiger partial charge in [-0.1, -0.05) is 168 Å². The van der Waals surface area contributed by atoms with Gasteiger partial charge in [-0.15, -0.1) is 0 Å². The molecule has 2 unspecified atom stereocenters. The predicted molar refractivity (Wildman–Crippen MR) is 173 cm³/mol. The van der Waals surface area contributed by atoms with E-state index in [4.69, 9.17) is 4.74 Å². The maximum Gasteiger partial charge on any atom is 0.313 e. The van der Waals surface area contributed by atoms with Crippen LogP contribution in [-0.4, -0.2) is 34.4 Å². The Morgan fingerprint density at radius 2 is 0.659 bits per heavy atom. The fraction of sp³-hybridized carbons (Fsp3) is 0.944. The molecule has 2 atom stereocenters. The highest BCUT2D eigenvalue weighted by atomic mass is 16.6. The quantitative estimate of drug-likeness (QED) is 0.0468. The summed E-state index contributed by atoms with van der Waals surface area (Å²) in [7, 11) is 0. The third-order valence-electron chi connectivity index (χ3n) is 8.37. The Morgan fingerprint density at radius 3 is 0.927 bits per heavy atom. The first-order valence-corrected chi connectivity index (χ1v) is 18.1. The average Bonchev–Trinajstić information content (AvgIpc) is 2.96. The van der Waals surface area contributed by atoms with Crippen LogP contribution in [0.4, 0.5) is 0 Å². The van der Waals surface area contributed by atoms with Gasteiger partial charge >= 0.3 is 11.9 Å². The van der Waals surface area contributed by atoms with Crippen molar-refractivity contribution in [3.8, 4) is 0 Å². The topological polar surface area (TPSA) is 83.8 Å². The molecule has 0 rings (SSSR count). The van der Waals surface area contributed by atoms with Crippen LogP contribution in [0.2, 0.25) is 0 Å². The van der Waals surface area contributed by atoms with Gasteiger partial charge in [0.2, 0.25) is 0 Å². The van der Waals surface area contributed by atoms with Gasteiger partial charge in [0, 0.05) is 12.8 Å². The summed E-state index contributed by atoms with van der Waals surface area (Å²) in [4.78, 5) is 23.9. The van der Waals surface area contributed by atoms with Gasteiger partial charge in [0.05, 0.1) is 12.2 Å². The van der Waals surface area contributed by atoms with Crippen molar-refractivity contribution in [3.63, 3.8) is 0 Å². The number of aliphatic hydroxyl groups is 2. The van der Waals surface area contributed by atoms with Crippen molar-refractivity contribution in [1.82, 2.24) is 0 Å². The molecule has 0 aromatic heterocycles. The predicted octanol–water partition coefficient (Wildman–Crippen LogP) is 10.5. The van der Waals surface area contributed by atoms with Crippen molar-refractivity contribution >= 4 is 11.9 Å². The minimum atomic E-state index is -0.570. The lowest BCUT2D eigenvalue weighted by Crippen LogP contribution is -2.17. The number of rotatable bonds is 32. The van der Waals surface area contributed by atoms with E-state index in [2.05, 4.69) is 13.8 Å². The Balaban J connectivity index is 3.52. The second-order valence-electron chi connectivity index (χ2n) is 12.6. The normalized spacial score (nSPS) is 12.9. The van der Waals surface area contributed by atoms with Crippen LogP contribution in [0.25, 0.3) is 0 Å². The van der Waals surface area contributed by atoms with Gasteiger partial charge in [-0.2, -0.15) is 0 Å². The Hall–Kier alpha value is -0.940. The van der Waals surface area contributed by atoms with E-state index < -0.39 is 24.1 Å². The third kappa shape index (κ3) is 31.8. The molecular weight excluding hydrogens is 512 g/mol. The molecule has 0 fully saturated rings. The van der Waals surface area contributed by atoms with Crippen LogP contribution < -0.4 is 0 Å². The smallest absolute Gasteiger partial charge is 0.313 e. The second kappa shape index (κ2) is 32.0. The number of esters is 2. The lowest BCUT2D eigenvalue weighted by molar-refractivity contribution is -0.160.